The maximum absolute atomic E-state index is 10.2. The zero-order valence-electron chi connectivity index (χ0n) is 18.1. The van der Waals surface area contributed by atoms with Gasteiger partial charge in [0.05, 0.1) is 12.7 Å². The Hall–Kier alpha value is -1.10. The van der Waals surface area contributed by atoms with Crippen LogP contribution in [0, 0.1) is 0 Å². The van der Waals surface area contributed by atoms with Gasteiger partial charge in [-0.1, -0.05) is 6.07 Å². The molecule has 1 aromatic rings. The van der Waals surface area contributed by atoms with Crippen molar-refractivity contribution in [3.05, 3.63) is 29.3 Å². The highest BCUT2D eigenvalue weighted by Gasteiger charge is 2.14. The number of benzene rings is 1. The maximum atomic E-state index is 10.2. The number of aliphatic hydroxyl groups is 2. The van der Waals surface area contributed by atoms with Gasteiger partial charge in [0, 0.05) is 30.0 Å². The van der Waals surface area contributed by atoms with Crippen molar-refractivity contribution in [2.45, 2.75) is 38.8 Å². The number of β-amino-alcohol motifs (C(OH)–C–C–N with tert-alkyl or cyclic N) is 1. The molecule has 0 aliphatic heterocycles. The first-order valence-corrected chi connectivity index (χ1v) is 4.94. The van der Waals surface area contributed by atoms with E-state index in [1.807, 2.05) is 5.32 Å². The Morgan fingerprint density at radius 1 is 1.41 bits per heavy atom. The lowest BCUT2D eigenvalue weighted by atomic mass is 10.0. The fraction of sp³-hybridized carbons (Fsp3) is 0.538. The molecule has 1 rings (SSSR count). The van der Waals surface area contributed by atoms with Gasteiger partial charge in [-0.15, -0.1) is 0 Å². The Bertz CT molecular complexity index is 589. The summed E-state index contributed by atoms with van der Waals surface area (Å²) in [6.07, 6.45) is -1.48. The minimum atomic E-state index is -3.42. The van der Waals surface area contributed by atoms with Crippen molar-refractivity contribution in [2.24, 2.45) is 0 Å². The molecular formula is C13H21NO3. The molecule has 0 spiro atoms. The van der Waals surface area contributed by atoms with Crippen LogP contribution in [0.25, 0.3) is 0 Å². The van der Waals surface area contributed by atoms with Gasteiger partial charge < -0.3 is 20.6 Å². The molecule has 1 aromatic carbocycles. The van der Waals surface area contributed by atoms with Crippen LogP contribution in [0.2, 0.25) is 0 Å². The molecule has 1 atom stereocenters. The lowest BCUT2D eigenvalue weighted by Crippen LogP contribution is -2.38. The number of hydrogen-bond acceptors (Lipinski definition) is 4. The summed E-state index contributed by atoms with van der Waals surface area (Å²) in [4.78, 5) is 0. The van der Waals surface area contributed by atoms with Crippen LogP contribution in [0.5, 0.6) is 5.75 Å². The van der Waals surface area contributed by atoms with Gasteiger partial charge in [-0.05, 0) is 38.3 Å². The third-order valence-electron chi connectivity index (χ3n) is 2.22. The minimum Gasteiger partial charge on any atom is -0.508 e. The second-order valence-electron chi connectivity index (χ2n) is 3.69. The molecule has 4 heteroatoms. The summed E-state index contributed by atoms with van der Waals surface area (Å²) in [7, 11) is 0. The van der Waals surface area contributed by atoms with E-state index in [9.17, 15) is 10.2 Å². The number of nitrogens with one attached hydrogen (secondary N) is 1. The standard InChI is InChI=1S/C13H21NO3/c1-13(2,3)14-7-12(17)9-4-5-11(16)10(6-9)8-15/h4-6,12,14-17H,7-8H2,1-3H3/i1D3,2D3,3D3. The molecule has 0 aromatic heterocycles. The van der Waals surface area contributed by atoms with Crippen LogP contribution >= 0.6 is 0 Å². The van der Waals surface area contributed by atoms with Gasteiger partial charge in [-0.3, -0.25) is 0 Å². The molecular weight excluding hydrogens is 218 g/mol. The minimum absolute atomic E-state index is 0.0928. The molecule has 0 aliphatic carbocycles. The van der Waals surface area contributed by atoms with Crippen molar-refractivity contribution >= 4 is 0 Å². The van der Waals surface area contributed by atoms with Crippen LogP contribution in [0.4, 0.5) is 0 Å². The highest BCUT2D eigenvalue weighted by atomic mass is 16.3. The van der Waals surface area contributed by atoms with Crippen molar-refractivity contribution in [2.75, 3.05) is 6.54 Å². The molecule has 0 aliphatic rings. The highest BCUT2D eigenvalue weighted by Crippen LogP contribution is 2.22. The fourth-order valence-electron chi connectivity index (χ4n) is 1.31. The van der Waals surface area contributed by atoms with Crippen molar-refractivity contribution < 1.29 is 27.7 Å². The number of hydrogen-bond donors (Lipinski definition) is 4. The fourth-order valence-corrected chi connectivity index (χ4v) is 1.31. The predicted molar refractivity (Wildman–Crippen MR) is 66.7 cm³/mol. The number of rotatable bonds is 4. The Morgan fingerprint density at radius 2 is 2.12 bits per heavy atom. The molecule has 0 saturated heterocycles. The van der Waals surface area contributed by atoms with Crippen LogP contribution < -0.4 is 5.32 Å². The molecule has 96 valence electrons. The summed E-state index contributed by atoms with van der Waals surface area (Å²) in [5.74, 6) is -0.224. The first-order valence-electron chi connectivity index (χ1n) is 9.44. The molecule has 1 unspecified atom stereocenters. The van der Waals surface area contributed by atoms with Gasteiger partial charge in [-0.25, -0.2) is 0 Å². The first-order chi connectivity index (χ1) is 11.6. The second-order valence-corrected chi connectivity index (χ2v) is 3.69. The largest absolute Gasteiger partial charge is 0.508 e. The average molecular weight is 248 g/mol. The lowest BCUT2D eigenvalue weighted by Gasteiger charge is -2.23. The average Bonchev–Trinajstić information content (AvgIpc) is 2.43. The van der Waals surface area contributed by atoms with Crippen LogP contribution in [-0.4, -0.2) is 27.4 Å². The summed E-state index contributed by atoms with van der Waals surface area (Å²) in [5, 5.41) is 30.9. The Balaban J connectivity index is 3.22. The van der Waals surface area contributed by atoms with Crippen molar-refractivity contribution in [3.63, 3.8) is 0 Å². The quantitative estimate of drug-likeness (QED) is 0.648. The molecule has 0 saturated carbocycles. The summed E-state index contributed by atoms with van der Waals surface area (Å²) < 4.78 is 67.4. The van der Waals surface area contributed by atoms with Gasteiger partial charge in [-0.2, -0.15) is 0 Å². The molecule has 0 bridgehead atoms. The zero-order chi connectivity index (χ0) is 20.6. The third kappa shape index (κ3) is 4.34. The molecule has 4 N–H and O–H groups in total. The van der Waals surface area contributed by atoms with Crippen molar-refractivity contribution in [1.29, 1.82) is 0 Å². The van der Waals surface area contributed by atoms with Crippen molar-refractivity contribution in [1.82, 2.24) is 5.32 Å². The van der Waals surface area contributed by atoms with Gasteiger partial charge >= 0.3 is 0 Å². The van der Waals surface area contributed by atoms with Crippen LogP contribution in [0.3, 0.4) is 0 Å². The van der Waals surface area contributed by atoms with E-state index in [0.29, 0.717) is 0 Å². The van der Waals surface area contributed by atoms with E-state index in [1.54, 1.807) is 0 Å². The second kappa shape index (κ2) is 5.49. The number of aliphatic hydroxyl groups excluding tert-OH is 2. The van der Waals surface area contributed by atoms with E-state index in [4.69, 9.17) is 17.4 Å². The molecule has 17 heavy (non-hydrogen) atoms. The lowest BCUT2D eigenvalue weighted by molar-refractivity contribution is 0.163. The summed E-state index contributed by atoms with van der Waals surface area (Å²) in [6.45, 7) is -11.5. The molecule has 0 heterocycles. The smallest absolute Gasteiger partial charge is 0.121 e. The van der Waals surface area contributed by atoms with Crippen LogP contribution in [-0.2, 0) is 6.61 Å². The van der Waals surface area contributed by atoms with E-state index in [1.165, 1.54) is 18.2 Å². The summed E-state index contributed by atoms with van der Waals surface area (Å²) in [5.41, 5.74) is -3.02. The normalized spacial score (nSPS) is 23.8. The molecule has 0 fully saturated rings. The predicted octanol–water partition coefficient (Wildman–Crippen LogP) is 1.31. The highest BCUT2D eigenvalue weighted by molar-refractivity contribution is 5.36. The Labute approximate surface area is 115 Å². The zero-order valence-corrected chi connectivity index (χ0v) is 9.07. The van der Waals surface area contributed by atoms with Crippen molar-refractivity contribution in [3.8, 4) is 5.75 Å². The molecule has 4 nitrogen and oxygen atoms in total. The molecule has 0 amide bonds. The van der Waals surface area contributed by atoms with Crippen LogP contribution in [0.15, 0.2) is 18.2 Å². The Morgan fingerprint density at radius 3 is 2.71 bits per heavy atom. The SMILES string of the molecule is [2H]C([2H])([2H])C(NCC(O)c1ccc(O)c(CO)c1)(C([2H])([2H])[2H])C([2H])([2H])[2H]. The monoisotopic (exact) mass is 248 g/mol. The topological polar surface area (TPSA) is 72.7 Å². The van der Waals surface area contributed by atoms with E-state index < -0.39 is 45.4 Å². The Kier molecular flexibility index (Phi) is 1.84. The van der Waals surface area contributed by atoms with E-state index in [-0.39, 0.29) is 16.9 Å². The summed E-state index contributed by atoms with van der Waals surface area (Å²) >= 11 is 0. The van der Waals surface area contributed by atoms with Crippen LogP contribution in [0.1, 0.15) is 50.1 Å². The number of aromatic hydroxyl groups is 1. The van der Waals surface area contributed by atoms with Gasteiger partial charge in [0.1, 0.15) is 5.75 Å². The number of phenols is 1. The van der Waals surface area contributed by atoms with E-state index in [0.717, 1.165) is 0 Å². The van der Waals surface area contributed by atoms with Gasteiger partial charge in [0.15, 0.2) is 0 Å². The van der Waals surface area contributed by atoms with Gasteiger partial charge in [0.25, 0.3) is 0 Å². The first kappa shape index (κ1) is 5.69. The maximum Gasteiger partial charge on any atom is 0.121 e. The van der Waals surface area contributed by atoms with E-state index >= 15 is 0 Å². The van der Waals surface area contributed by atoms with Gasteiger partial charge in [0.2, 0.25) is 0 Å². The third-order valence-corrected chi connectivity index (χ3v) is 2.22. The molecule has 0 radical (unpaired) electrons. The summed E-state index contributed by atoms with van der Waals surface area (Å²) in [6, 6.07) is 3.71. The van der Waals surface area contributed by atoms with E-state index in [2.05, 4.69) is 0 Å².